The lowest BCUT2D eigenvalue weighted by Gasteiger charge is -2.06. The van der Waals surface area contributed by atoms with Crippen LogP contribution in [-0.4, -0.2) is 22.4 Å². The third-order valence-corrected chi connectivity index (χ3v) is 2.64. The number of amides is 1. The molecule has 0 fully saturated rings. The molecule has 0 spiro atoms. The first-order valence-corrected chi connectivity index (χ1v) is 6.21. The van der Waals surface area contributed by atoms with E-state index in [1.165, 1.54) is 24.8 Å². The van der Waals surface area contributed by atoms with Gasteiger partial charge in [-0.05, 0) is 18.2 Å². The Morgan fingerprint density at radius 3 is 2.81 bits per heavy atom. The van der Waals surface area contributed by atoms with Gasteiger partial charge in [0.1, 0.15) is 12.1 Å². The van der Waals surface area contributed by atoms with Crippen LogP contribution in [0.25, 0.3) is 0 Å². The molecule has 0 bridgehead atoms. The number of carbonyl (C=O) groups excluding carboxylic acids is 1. The van der Waals surface area contributed by atoms with Crippen molar-refractivity contribution in [2.75, 3.05) is 6.54 Å². The zero-order chi connectivity index (χ0) is 15.1. The van der Waals surface area contributed by atoms with Gasteiger partial charge < -0.3 is 11.1 Å². The monoisotopic (exact) mass is 284 g/mol. The van der Waals surface area contributed by atoms with Gasteiger partial charge in [-0.2, -0.15) is 0 Å². The summed E-state index contributed by atoms with van der Waals surface area (Å²) in [5.74, 6) is 4.74. The number of nitrogens with zero attached hydrogens (tertiary/aromatic N) is 2. The highest BCUT2D eigenvalue weighted by molar-refractivity contribution is 5.93. The molecule has 0 aliphatic rings. The second-order valence-electron chi connectivity index (χ2n) is 4.12. The summed E-state index contributed by atoms with van der Waals surface area (Å²) < 4.78 is 13.7. The van der Waals surface area contributed by atoms with Crippen LogP contribution < -0.4 is 11.1 Å². The molecule has 0 aliphatic heterocycles. The summed E-state index contributed by atoms with van der Waals surface area (Å²) in [6.45, 7) is 0.287. The van der Waals surface area contributed by atoms with Gasteiger partial charge in [0.15, 0.2) is 0 Å². The second-order valence-corrected chi connectivity index (χ2v) is 4.12. The number of hydrogen-bond donors (Lipinski definition) is 2. The smallest absolute Gasteiger partial charge is 0.254 e. The highest BCUT2D eigenvalue weighted by atomic mass is 19.1. The lowest BCUT2D eigenvalue weighted by Crippen LogP contribution is -2.23. The van der Waals surface area contributed by atoms with Crippen LogP contribution in [0.3, 0.4) is 0 Å². The molecule has 2 rings (SSSR count). The van der Waals surface area contributed by atoms with Crippen LogP contribution in [0.15, 0.2) is 36.9 Å². The Balaban J connectivity index is 2.07. The molecule has 1 heterocycles. The summed E-state index contributed by atoms with van der Waals surface area (Å²) in [6, 6.07) is 4.46. The molecule has 0 saturated heterocycles. The summed E-state index contributed by atoms with van der Waals surface area (Å²) in [4.78, 5) is 19.3. The van der Waals surface area contributed by atoms with E-state index in [0.29, 0.717) is 16.7 Å². The zero-order valence-corrected chi connectivity index (χ0v) is 11.1. The van der Waals surface area contributed by atoms with Crippen molar-refractivity contribution in [2.45, 2.75) is 6.54 Å². The standard InChI is InChI=1S/C15H13FN4O/c16-14-4-3-11(2-1-5-17)6-12(14)9-20-15(21)13-7-18-10-19-8-13/h3-4,6-8,10H,5,9,17H2,(H,20,21). The Morgan fingerprint density at radius 2 is 2.10 bits per heavy atom. The zero-order valence-electron chi connectivity index (χ0n) is 11.1. The van der Waals surface area contributed by atoms with Crippen molar-refractivity contribution in [1.29, 1.82) is 0 Å². The normalized spacial score (nSPS) is 9.62. The highest BCUT2D eigenvalue weighted by Crippen LogP contribution is 2.10. The van der Waals surface area contributed by atoms with Crippen LogP contribution in [0.4, 0.5) is 4.39 Å². The number of nitrogens with two attached hydrogens (primary N) is 1. The molecular weight excluding hydrogens is 271 g/mol. The van der Waals surface area contributed by atoms with E-state index in [0.717, 1.165) is 0 Å². The maximum atomic E-state index is 13.7. The number of benzene rings is 1. The van der Waals surface area contributed by atoms with Crippen molar-refractivity contribution >= 4 is 5.91 Å². The second kappa shape index (κ2) is 7.12. The minimum Gasteiger partial charge on any atom is -0.348 e. The number of nitrogens with one attached hydrogen (secondary N) is 1. The summed E-state index contributed by atoms with van der Waals surface area (Å²) >= 11 is 0. The van der Waals surface area contributed by atoms with E-state index in [-0.39, 0.29) is 19.0 Å². The van der Waals surface area contributed by atoms with Crippen LogP contribution >= 0.6 is 0 Å². The molecule has 0 radical (unpaired) electrons. The topological polar surface area (TPSA) is 80.9 Å². The van der Waals surface area contributed by atoms with Gasteiger partial charge in [-0.15, -0.1) is 0 Å². The molecule has 0 aliphatic carbocycles. The number of rotatable bonds is 3. The lowest BCUT2D eigenvalue weighted by atomic mass is 10.1. The summed E-state index contributed by atoms with van der Waals surface area (Å²) in [6.07, 6.45) is 4.11. The van der Waals surface area contributed by atoms with Crippen molar-refractivity contribution in [1.82, 2.24) is 15.3 Å². The summed E-state index contributed by atoms with van der Waals surface area (Å²) in [7, 11) is 0. The molecule has 0 atom stereocenters. The van der Waals surface area contributed by atoms with E-state index < -0.39 is 5.82 Å². The van der Waals surface area contributed by atoms with Crippen molar-refractivity contribution in [3.63, 3.8) is 0 Å². The Morgan fingerprint density at radius 1 is 1.33 bits per heavy atom. The van der Waals surface area contributed by atoms with E-state index >= 15 is 0 Å². The van der Waals surface area contributed by atoms with Crippen molar-refractivity contribution in [3.8, 4) is 11.8 Å². The fraction of sp³-hybridized carbons (Fsp3) is 0.133. The molecule has 5 nitrogen and oxygen atoms in total. The minimum atomic E-state index is -0.405. The summed E-state index contributed by atoms with van der Waals surface area (Å²) in [5, 5.41) is 2.61. The molecule has 1 amide bonds. The minimum absolute atomic E-state index is 0.0533. The molecule has 0 unspecified atom stereocenters. The number of carbonyl (C=O) groups is 1. The number of halogens is 1. The third kappa shape index (κ3) is 4.09. The quantitative estimate of drug-likeness (QED) is 0.819. The predicted octanol–water partition coefficient (Wildman–Crippen LogP) is 0.856. The van der Waals surface area contributed by atoms with E-state index in [4.69, 9.17) is 5.73 Å². The van der Waals surface area contributed by atoms with Crippen molar-refractivity contribution in [2.24, 2.45) is 5.73 Å². The Hall–Kier alpha value is -2.78. The first kappa shape index (κ1) is 14.6. The van der Waals surface area contributed by atoms with Crippen LogP contribution in [-0.2, 0) is 6.54 Å². The Bertz CT molecular complexity index is 692. The van der Waals surface area contributed by atoms with E-state index in [9.17, 15) is 9.18 Å². The first-order chi connectivity index (χ1) is 10.2. The van der Waals surface area contributed by atoms with Gasteiger partial charge in [0.2, 0.25) is 0 Å². The van der Waals surface area contributed by atoms with Crippen molar-refractivity contribution in [3.05, 3.63) is 59.4 Å². The average Bonchev–Trinajstić information content (AvgIpc) is 2.53. The maximum Gasteiger partial charge on any atom is 0.254 e. The van der Waals surface area contributed by atoms with E-state index in [1.807, 2.05) is 0 Å². The van der Waals surface area contributed by atoms with Gasteiger partial charge in [0.05, 0.1) is 12.1 Å². The van der Waals surface area contributed by atoms with Crippen LogP contribution in [0.5, 0.6) is 0 Å². The molecular formula is C15H13FN4O. The van der Waals surface area contributed by atoms with Gasteiger partial charge >= 0.3 is 0 Å². The highest BCUT2D eigenvalue weighted by Gasteiger charge is 2.08. The fourth-order valence-corrected chi connectivity index (χ4v) is 1.63. The van der Waals surface area contributed by atoms with E-state index in [2.05, 4.69) is 27.1 Å². The predicted molar refractivity (Wildman–Crippen MR) is 75.5 cm³/mol. The van der Waals surface area contributed by atoms with Gasteiger partial charge in [0.25, 0.3) is 5.91 Å². The van der Waals surface area contributed by atoms with E-state index in [1.54, 1.807) is 12.1 Å². The maximum absolute atomic E-state index is 13.7. The largest absolute Gasteiger partial charge is 0.348 e. The van der Waals surface area contributed by atoms with Crippen LogP contribution in [0.1, 0.15) is 21.5 Å². The average molecular weight is 284 g/mol. The molecule has 1 aromatic heterocycles. The van der Waals surface area contributed by atoms with Crippen LogP contribution in [0.2, 0.25) is 0 Å². The molecule has 0 saturated carbocycles. The van der Waals surface area contributed by atoms with Gasteiger partial charge in [-0.25, -0.2) is 14.4 Å². The van der Waals surface area contributed by atoms with Crippen LogP contribution in [0, 0.1) is 17.7 Å². The molecule has 2 aromatic rings. The molecule has 1 aromatic carbocycles. The third-order valence-electron chi connectivity index (χ3n) is 2.64. The molecule has 21 heavy (non-hydrogen) atoms. The number of hydrogen-bond acceptors (Lipinski definition) is 4. The first-order valence-electron chi connectivity index (χ1n) is 6.21. The summed E-state index contributed by atoms with van der Waals surface area (Å²) in [5.41, 5.74) is 6.61. The Labute approximate surface area is 121 Å². The molecule has 3 N–H and O–H groups in total. The molecule has 106 valence electrons. The SMILES string of the molecule is NCC#Cc1ccc(F)c(CNC(=O)c2cncnc2)c1. The fourth-order valence-electron chi connectivity index (χ4n) is 1.63. The van der Waals surface area contributed by atoms with Gasteiger partial charge in [-0.3, -0.25) is 4.79 Å². The van der Waals surface area contributed by atoms with Gasteiger partial charge in [0, 0.05) is 30.1 Å². The lowest BCUT2D eigenvalue weighted by molar-refractivity contribution is 0.0950. The van der Waals surface area contributed by atoms with Gasteiger partial charge in [-0.1, -0.05) is 11.8 Å². The Kier molecular flexibility index (Phi) is 4.96. The number of aromatic nitrogens is 2. The van der Waals surface area contributed by atoms with Crippen molar-refractivity contribution < 1.29 is 9.18 Å². The molecule has 6 heteroatoms.